The maximum atomic E-state index is 11.7. The van der Waals surface area contributed by atoms with Gasteiger partial charge < -0.3 is 10.6 Å². The van der Waals surface area contributed by atoms with E-state index >= 15 is 0 Å². The summed E-state index contributed by atoms with van der Waals surface area (Å²) in [5, 5.41) is 13.7. The van der Waals surface area contributed by atoms with E-state index in [1.165, 1.54) is 21.9 Å². The molecule has 2 aromatic heterocycles. The molecule has 10 heteroatoms. The first kappa shape index (κ1) is 16.7. The van der Waals surface area contributed by atoms with E-state index in [0.29, 0.717) is 26.2 Å². The maximum Gasteiger partial charge on any atom is 0.211 e. The van der Waals surface area contributed by atoms with E-state index in [2.05, 4.69) is 20.8 Å². The van der Waals surface area contributed by atoms with Crippen LogP contribution in [0.5, 0.6) is 0 Å². The third-order valence-electron chi connectivity index (χ3n) is 3.65. The molecule has 126 valence electrons. The number of piperazine rings is 1. The van der Waals surface area contributed by atoms with Crippen LogP contribution in [0, 0.1) is 0 Å². The summed E-state index contributed by atoms with van der Waals surface area (Å²) in [5.74, 6) is 0.725. The zero-order valence-electron chi connectivity index (χ0n) is 12.5. The summed E-state index contributed by atoms with van der Waals surface area (Å²) >= 11 is 7.43. The molecule has 1 aliphatic heterocycles. The van der Waals surface area contributed by atoms with Gasteiger partial charge >= 0.3 is 0 Å². The van der Waals surface area contributed by atoms with Gasteiger partial charge in [0, 0.05) is 30.6 Å². The van der Waals surface area contributed by atoms with Gasteiger partial charge in [0.15, 0.2) is 0 Å². The predicted molar refractivity (Wildman–Crippen MR) is 92.4 cm³/mol. The summed E-state index contributed by atoms with van der Waals surface area (Å²) in [7, 11) is -3.17. The molecule has 1 fully saturated rings. The van der Waals surface area contributed by atoms with Crippen molar-refractivity contribution < 1.29 is 8.42 Å². The van der Waals surface area contributed by atoms with Crippen molar-refractivity contribution in [1.29, 1.82) is 0 Å². The first-order valence-electron chi connectivity index (χ1n) is 7.14. The van der Waals surface area contributed by atoms with E-state index in [9.17, 15) is 8.42 Å². The standard InChI is InChI=1S/C13H18ClN5O2S2/c1-23(20,21)19-5-4-15-11(8-19)10-6-13(18-17-10)16-7-9-2-3-12(14)22-9/h2-3,6,11,15H,4-5,7-8H2,1H3,(H2,16,17,18). The number of hydrogen-bond acceptors (Lipinski definition) is 6. The quantitative estimate of drug-likeness (QED) is 0.739. The second-order valence-corrected chi connectivity index (χ2v) is 9.18. The lowest BCUT2D eigenvalue weighted by Crippen LogP contribution is -2.47. The Bertz CT molecular complexity index is 773. The highest BCUT2D eigenvalue weighted by Gasteiger charge is 2.27. The minimum absolute atomic E-state index is 0.0855. The Labute approximate surface area is 144 Å². The first-order valence-corrected chi connectivity index (χ1v) is 10.2. The fraction of sp³-hybridized carbons (Fsp3) is 0.462. The number of aromatic amines is 1. The maximum absolute atomic E-state index is 11.7. The minimum Gasteiger partial charge on any atom is -0.364 e. The van der Waals surface area contributed by atoms with Gasteiger partial charge in [-0.15, -0.1) is 11.3 Å². The molecule has 0 bridgehead atoms. The second-order valence-electron chi connectivity index (χ2n) is 5.40. The molecule has 1 atom stereocenters. The van der Waals surface area contributed by atoms with Gasteiger partial charge in [-0.25, -0.2) is 8.42 Å². The summed E-state index contributed by atoms with van der Waals surface area (Å²) in [6, 6.07) is 5.65. The molecule has 1 aliphatic rings. The summed E-state index contributed by atoms with van der Waals surface area (Å²) in [4.78, 5) is 1.12. The van der Waals surface area contributed by atoms with Crippen LogP contribution >= 0.6 is 22.9 Å². The molecule has 3 rings (SSSR count). The summed E-state index contributed by atoms with van der Waals surface area (Å²) < 4.78 is 25.6. The zero-order chi connectivity index (χ0) is 16.4. The lowest BCUT2D eigenvalue weighted by Gasteiger charge is -2.31. The van der Waals surface area contributed by atoms with E-state index < -0.39 is 10.0 Å². The Balaban J connectivity index is 1.62. The molecule has 7 nitrogen and oxygen atoms in total. The summed E-state index contributed by atoms with van der Waals surface area (Å²) in [6.07, 6.45) is 1.24. The van der Waals surface area contributed by atoms with Gasteiger partial charge in [0.25, 0.3) is 0 Å². The number of aromatic nitrogens is 2. The van der Waals surface area contributed by atoms with E-state index in [-0.39, 0.29) is 6.04 Å². The number of nitrogens with one attached hydrogen (secondary N) is 3. The smallest absolute Gasteiger partial charge is 0.211 e. The molecule has 23 heavy (non-hydrogen) atoms. The molecule has 3 heterocycles. The van der Waals surface area contributed by atoms with Crippen molar-refractivity contribution >= 4 is 38.8 Å². The third-order valence-corrected chi connectivity index (χ3v) is 6.15. The number of rotatable bonds is 5. The van der Waals surface area contributed by atoms with Crippen LogP contribution in [0.25, 0.3) is 0 Å². The van der Waals surface area contributed by atoms with Gasteiger partial charge in [-0.2, -0.15) is 9.40 Å². The van der Waals surface area contributed by atoms with Crippen LogP contribution in [-0.2, 0) is 16.6 Å². The fourth-order valence-electron chi connectivity index (χ4n) is 2.46. The van der Waals surface area contributed by atoms with E-state index in [0.717, 1.165) is 20.7 Å². The average Bonchev–Trinajstić information content (AvgIpc) is 3.13. The van der Waals surface area contributed by atoms with Crippen molar-refractivity contribution in [3.05, 3.63) is 33.1 Å². The van der Waals surface area contributed by atoms with Crippen molar-refractivity contribution in [2.75, 3.05) is 31.2 Å². The van der Waals surface area contributed by atoms with Crippen molar-refractivity contribution in [3.63, 3.8) is 0 Å². The normalized spacial score (nSPS) is 19.8. The molecule has 0 saturated carbocycles. The van der Waals surface area contributed by atoms with Gasteiger partial charge in [-0.3, -0.25) is 5.10 Å². The fourth-order valence-corrected chi connectivity index (χ4v) is 4.33. The Kier molecular flexibility index (Phi) is 4.93. The molecule has 0 radical (unpaired) electrons. The van der Waals surface area contributed by atoms with Crippen LogP contribution < -0.4 is 10.6 Å². The molecular formula is C13H18ClN5O2S2. The topological polar surface area (TPSA) is 90.1 Å². The second kappa shape index (κ2) is 6.78. The highest BCUT2D eigenvalue weighted by atomic mass is 35.5. The number of halogens is 1. The van der Waals surface area contributed by atoms with Gasteiger partial charge in [0.05, 0.1) is 28.9 Å². The number of thiophene rings is 1. The molecule has 0 aromatic carbocycles. The summed E-state index contributed by atoms with van der Waals surface area (Å²) in [5.41, 5.74) is 0.866. The van der Waals surface area contributed by atoms with Crippen LogP contribution in [0.3, 0.4) is 0 Å². The van der Waals surface area contributed by atoms with Crippen molar-refractivity contribution in [2.45, 2.75) is 12.6 Å². The number of sulfonamides is 1. The molecule has 2 aromatic rings. The van der Waals surface area contributed by atoms with E-state index in [1.54, 1.807) is 0 Å². The Hall–Kier alpha value is -1.13. The highest BCUT2D eigenvalue weighted by Crippen LogP contribution is 2.23. The van der Waals surface area contributed by atoms with Gasteiger partial charge in [0.1, 0.15) is 5.82 Å². The van der Waals surface area contributed by atoms with Crippen LogP contribution in [0.2, 0.25) is 4.34 Å². The van der Waals surface area contributed by atoms with Gasteiger partial charge in [-0.05, 0) is 12.1 Å². The molecule has 1 saturated heterocycles. The molecule has 0 amide bonds. The third kappa shape index (κ3) is 4.24. The largest absolute Gasteiger partial charge is 0.364 e. The highest BCUT2D eigenvalue weighted by molar-refractivity contribution is 7.88. The first-order chi connectivity index (χ1) is 10.9. The SMILES string of the molecule is CS(=O)(=O)N1CCNC(c2cc(NCc3ccc(Cl)s3)n[nH]2)C1. The number of hydrogen-bond donors (Lipinski definition) is 3. The average molecular weight is 376 g/mol. The lowest BCUT2D eigenvalue weighted by atomic mass is 10.2. The monoisotopic (exact) mass is 375 g/mol. The number of anilines is 1. The van der Waals surface area contributed by atoms with Crippen molar-refractivity contribution in [2.24, 2.45) is 0 Å². The lowest BCUT2D eigenvalue weighted by molar-refractivity contribution is 0.300. The zero-order valence-corrected chi connectivity index (χ0v) is 14.9. The van der Waals surface area contributed by atoms with E-state index in [4.69, 9.17) is 11.6 Å². The Morgan fingerprint density at radius 3 is 3.04 bits per heavy atom. The van der Waals surface area contributed by atoms with Gasteiger partial charge in [0.2, 0.25) is 10.0 Å². The van der Waals surface area contributed by atoms with E-state index in [1.807, 2.05) is 18.2 Å². The predicted octanol–water partition coefficient (Wildman–Crippen LogP) is 1.64. The number of nitrogens with zero attached hydrogens (tertiary/aromatic N) is 2. The van der Waals surface area contributed by atoms with Crippen molar-refractivity contribution in [3.8, 4) is 0 Å². The molecule has 0 spiro atoms. The van der Waals surface area contributed by atoms with Crippen LogP contribution in [-0.4, -0.2) is 48.8 Å². The minimum atomic E-state index is -3.17. The molecule has 1 unspecified atom stereocenters. The van der Waals surface area contributed by atoms with Crippen molar-refractivity contribution in [1.82, 2.24) is 19.8 Å². The van der Waals surface area contributed by atoms with Crippen LogP contribution in [0.15, 0.2) is 18.2 Å². The Morgan fingerprint density at radius 2 is 2.35 bits per heavy atom. The van der Waals surface area contributed by atoms with Gasteiger partial charge in [-0.1, -0.05) is 11.6 Å². The molecule has 0 aliphatic carbocycles. The summed E-state index contributed by atoms with van der Waals surface area (Å²) in [6.45, 7) is 2.16. The Morgan fingerprint density at radius 1 is 1.52 bits per heavy atom. The molecular weight excluding hydrogens is 358 g/mol. The van der Waals surface area contributed by atoms with Crippen LogP contribution in [0.1, 0.15) is 16.6 Å². The molecule has 3 N–H and O–H groups in total. The van der Waals surface area contributed by atoms with Crippen LogP contribution in [0.4, 0.5) is 5.82 Å². The number of H-pyrrole nitrogens is 1.